The summed E-state index contributed by atoms with van der Waals surface area (Å²) < 4.78 is 5.31. The second-order valence-electron chi connectivity index (χ2n) is 5.89. The molecule has 134 valence electrons. The molecule has 0 fully saturated rings. The van der Waals surface area contributed by atoms with Gasteiger partial charge in [-0.3, -0.25) is 4.79 Å². The molecule has 0 aromatic heterocycles. The molecule has 0 aliphatic rings. The topological polar surface area (TPSA) is 67.8 Å². The highest BCUT2D eigenvalue weighted by molar-refractivity contribution is 5.95. The van der Waals surface area contributed by atoms with Crippen molar-refractivity contribution >= 4 is 18.1 Å². The molecule has 0 spiro atoms. The van der Waals surface area contributed by atoms with Crippen LogP contribution in [0, 0.1) is 6.92 Å². The fourth-order valence-electron chi connectivity index (χ4n) is 2.38. The van der Waals surface area contributed by atoms with Crippen molar-refractivity contribution in [2.75, 3.05) is 0 Å². The summed E-state index contributed by atoms with van der Waals surface area (Å²) >= 11 is 0. The Labute approximate surface area is 157 Å². The van der Waals surface area contributed by atoms with Gasteiger partial charge in [-0.25, -0.2) is 10.2 Å². The molecule has 3 aromatic carbocycles. The summed E-state index contributed by atoms with van der Waals surface area (Å²) in [7, 11) is 0. The lowest BCUT2D eigenvalue weighted by Crippen LogP contribution is -2.17. The predicted octanol–water partition coefficient (Wildman–Crippen LogP) is 3.98. The van der Waals surface area contributed by atoms with Crippen molar-refractivity contribution in [2.45, 2.75) is 6.92 Å². The van der Waals surface area contributed by atoms with E-state index in [1.54, 1.807) is 60.7 Å². The zero-order chi connectivity index (χ0) is 19.1. The van der Waals surface area contributed by atoms with E-state index in [4.69, 9.17) is 4.74 Å². The van der Waals surface area contributed by atoms with E-state index in [0.717, 1.165) is 11.1 Å². The molecule has 3 rings (SSSR count). The van der Waals surface area contributed by atoms with E-state index in [0.29, 0.717) is 16.9 Å². The first-order valence-electron chi connectivity index (χ1n) is 8.39. The van der Waals surface area contributed by atoms with Gasteiger partial charge in [-0.2, -0.15) is 5.10 Å². The van der Waals surface area contributed by atoms with Crippen LogP contribution >= 0.6 is 0 Å². The molecule has 3 aromatic rings. The van der Waals surface area contributed by atoms with Crippen molar-refractivity contribution < 1.29 is 14.3 Å². The maximum atomic E-state index is 12.0. The third-order valence-electron chi connectivity index (χ3n) is 3.76. The molecule has 0 unspecified atom stereocenters. The fourth-order valence-corrected chi connectivity index (χ4v) is 2.38. The number of benzene rings is 3. The number of amides is 1. The number of hydrazone groups is 1. The van der Waals surface area contributed by atoms with E-state index in [2.05, 4.69) is 10.5 Å². The summed E-state index contributed by atoms with van der Waals surface area (Å²) in [5.74, 6) is -0.254. The fraction of sp³-hybridized carbons (Fsp3) is 0.0455. The Morgan fingerprint density at radius 2 is 1.59 bits per heavy atom. The van der Waals surface area contributed by atoms with Crippen LogP contribution in [0.25, 0.3) is 0 Å². The molecule has 0 heterocycles. The van der Waals surface area contributed by atoms with Gasteiger partial charge in [-0.1, -0.05) is 35.9 Å². The number of nitrogens with one attached hydrogen (secondary N) is 1. The van der Waals surface area contributed by atoms with Gasteiger partial charge in [0.2, 0.25) is 0 Å². The van der Waals surface area contributed by atoms with Crippen LogP contribution in [0.2, 0.25) is 0 Å². The summed E-state index contributed by atoms with van der Waals surface area (Å²) in [5, 5.41) is 3.95. The predicted molar refractivity (Wildman–Crippen MR) is 104 cm³/mol. The maximum absolute atomic E-state index is 12.0. The number of carbonyl (C=O) groups is 2. The zero-order valence-electron chi connectivity index (χ0n) is 14.8. The number of ether oxygens (including phenoxy) is 1. The van der Waals surface area contributed by atoms with E-state index >= 15 is 0 Å². The molecule has 0 aliphatic heterocycles. The molecule has 0 aliphatic carbocycles. The normalized spacial score (nSPS) is 10.6. The Bertz CT molecular complexity index is 964. The highest BCUT2D eigenvalue weighted by atomic mass is 16.5. The Kier molecular flexibility index (Phi) is 5.74. The summed E-state index contributed by atoms with van der Waals surface area (Å²) in [6.45, 7) is 1.92. The molecular weight excluding hydrogens is 340 g/mol. The van der Waals surface area contributed by atoms with E-state index in [-0.39, 0.29) is 5.91 Å². The molecule has 5 heteroatoms. The van der Waals surface area contributed by atoms with Crippen molar-refractivity contribution in [1.29, 1.82) is 0 Å². The number of esters is 1. The van der Waals surface area contributed by atoms with E-state index in [1.807, 2.05) is 25.1 Å². The molecule has 27 heavy (non-hydrogen) atoms. The summed E-state index contributed by atoms with van der Waals surface area (Å²) in [5.41, 5.74) is 5.30. The van der Waals surface area contributed by atoms with Gasteiger partial charge in [-0.15, -0.1) is 0 Å². The molecule has 5 nitrogen and oxygen atoms in total. The average Bonchev–Trinajstić information content (AvgIpc) is 2.70. The van der Waals surface area contributed by atoms with Gasteiger partial charge >= 0.3 is 5.97 Å². The monoisotopic (exact) mass is 358 g/mol. The minimum Gasteiger partial charge on any atom is -0.423 e. The summed E-state index contributed by atoms with van der Waals surface area (Å²) in [6, 6.07) is 22.9. The number of carbonyl (C=O) groups excluding carboxylic acids is 2. The second kappa shape index (κ2) is 8.58. The standard InChI is InChI=1S/C22H18N2O3/c1-16-6-5-9-19(14-16)21(25)24-23-15-17-10-12-20(13-11-17)27-22(26)18-7-3-2-4-8-18/h2-15H,1H3,(H,24,25)/b23-15+. The van der Waals surface area contributed by atoms with Crippen LogP contribution in [0.4, 0.5) is 0 Å². The molecule has 0 bridgehead atoms. The summed E-state index contributed by atoms with van der Waals surface area (Å²) in [6.07, 6.45) is 1.52. The van der Waals surface area contributed by atoms with Crippen LogP contribution in [0.5, 0.6) is 5.75 Å². The molecule has 0 saturated heterocycles. The third-order valence-corrected chi connectivity index (χ3v) is 3.76. The quantitative estimate of drug-likeness (QED) is 0.325. The van der Waals surface area contributed by atoms with E-state index in [1.165, 1.54) is 6.21 Å². The lowest BCUT2D eigenvalue weighted by atomic mass is 10.1. The molecular formula is C22H18N2O3. The Balaban J connectivity index is 1.56. The van der Waals surface area contributed by atoms with Gasteiger partial charge in [0.05, 0.1) is 11.8 Å². The number of hydrogen-bond donors (Lipinski definition) is 1. The van der Waals surface area contributed by atoms with Crippen molar-refractivity contribution in [3.8, 4) is 5.75 Å². The van der Waals surface area contributed by atoms with Gasteiger partial charge < -0.3 is 4.74 Å². The largest absolute Gasteiger partial charge is 0.423 e. The Morgan fingerprint density at radius 3 is 2.30 bits per heavy atom. The van der Waals surface area contributed by atoms with Crippen LogP contribution in [0.3, 0.4) is 0 Å². The van der Waals surface area contributed by atoms with Crippen LogP contribution < -0.4 is 10.2 Å². The van der Waals surface area contributed by atoms with E-state index in [9.17, 15) is 9.59 Å². The highest BCUT2D eigenvalue weighted by Gasteiger charge is 2.07. The number of hydrogen-bond acceptors (Lipinski definition) is 4. The smallest absolute Gasteiger partial charge is 0.343 e. The molecule has 0 radical (unpaired) electrons. The maximum Gasteiger partial charge on any atom is 0.343 e. The minimum absolute atomic E-state index is 0.275. The van der Waals surface area contributed by atoms with Gasteiger partial charge in [-0.05, 0) is 61.0 Å². The second-order valence-corrected chi connectivity index (χ2v) is 5.89. The SMILES string of the molecule is Cc1cccc(C(=O)N/N=C/c2ccc(OC(=O)c3ccccc3)cc2)c1. The van der Waals surface area contributed by atoms with Crippen LogP contribution in [-0.4, -0.2) is 18.1 Å². The number of rotatable bonds is 5. The van der Waals surface area contributed by atoms with Crippen molar-refractivity contribution in [2.24, 2.45) is 5.10 Å². The lowest BCUT2D eigenvalue weighted by molar-refractivity contribution is 0.0734. The number of aryl methyl sites for hydroxylation is 1. The molecule has 0 saturated carbocycles. The first-order chi connectivity index (χ1) is 13.1. The van der Waals surface area contributed by atoms with Crippen molar-refractivity contribution in [3.05, 3.63) is 101 Å². The summed E-state index contributed by atoms with van der Waals surface area (Å²) in [4.78, 5) is 24.0. The van der Waals surface area contributed by atoms with Crippen molar-refractivity contribution in [3.63, 3.8) is 0 Å². The molecule has 1 N–H and O–H groups in total. The first kappa shape index (κ1) is 18.1. The minimum atomic E-state index is -0.414. The number of nitrogens with zero attached hydrogens (tertiary/aromatic N) is 1. The zero-order valence-corrected chi connectivity index (χ0v) is 14.8. The highest BCUT2D eigenvalue weighted by Crippen LogP contribution is 2.13. The Hall–Kier alpha value is -3.73. The van der Waals surface area contributed by atoms with Crippen LogP contribution in [-0.2, 0) is 0 Å². The lowest BCUT2D eigenvalue weighted by Gasteiger charge is -2.04. The van der Waals surface area contributed by atoms with Crippen LogP contribution in [0.15, 0.2) is 84.0 Å². The third kappa shape index (κ3) is 5.12. The van der Waals surface area contributed by atoms with Crippen molar-refractivity contribution in [1.82, 2.24) is 5.43 Å². The van der Waals surface area contributed by atoms with Gasteiger partial charge in [0.25, 0.3) is 5.91 Å². The average molecular weight is 358 g/mol. The van der Waals surface area contributed by atoms with E-state index < -0.39 is 5.97 Å². The Morgan fingerprint density at radius 1 is 0.889 bits per heavy atom. The molecule has 1 amide bonds. The van der Waals surface area contributed by atoms with Gasteiger partial charge in [0.1, 0.15) is 5.75 Å². The van der Waals surface area contributed by atoms with Gasteiger partial charge in [0.15, 0.2) is 0 Å². The molecule has 0 atom stereocenters. The van der Waals surface area contributed by atoms with Gasteiger partial charge in [0, 0.05) is 5.56 Å². The van der Waals surface area contributed by atoms with Crippen LogP contribution in [0.1, 0.15) is 31.8 Å². The first-order valence-corrected chi connectivity index (χ1v) is 8.39.